The van der Waals surface area contributed by atoms with Crippen molar-refractivity contribution in [2.24, 2.45) is 5.92 Å². The topological polar surface area (TPSA) is 55.7 Å². The monoisotopic (exact) mass is 362 g/mol. The fourth-order valence-corrected chi connectivity index (χ4v) is 3.94. The molecule has 0 radical (unpaired) electrons. The first-order valence-electron chi connectivity index (χ1n) is 8.22. The van der Waals surface area contributed by atoms with Crippen molar-refractivity contribution in [1.29, 1.82) is 0 Å². The molecular formula is C17H28Cl2N2O2. The van der Waals surface area contributed by atoms with E-state index in [0.717, 1.165) is 31.7 Å². The van der Waals surface area contributed by atoms with Crippen molar-refractivity contribution in [2.75, 3.05) is 26.2 Å². The number of rotatable bonds is 3. The van der Waals surface area contributed by atoms with Crippen LogP contribution in [0.15, 0.2) is 18.2 Å². The Bertz CT molecular complexity index is 458. The molecule has 0 amide bonds. The van der Waals surface area contributed by atoms with Crippen LogP contribution in [0, 0.1) is 5.92 Å². The number of hydrogen-bond acceptors (Lipinski definition) is 4. The van der Waals surface area contributed by atoms with Gasteiger partial charge in [-0.15, -0.1) is 24.8 Å². The van der Waals surface area contributed by atoms with Crippen molar-refractivity contribution in [2.45, 2.75) is 38.1 Å². The van der Waals surface area contributed by atoms with Gasteiger partial charge in [0.05, 0.1) is 0 Å². The van der Waals surface area contributed by atoms with Crippen LogP contribution in [0.5, 0.6) is 11.5 Å². The quantitative estimate of drug-likeness (QED) is 0.770. The molecule has 2 aliphatic rings. The molecule has 0 bridgehead atoms. The van der Waals surface area contributed by atoms with Crippen LogP contribution in [0.3, 0.4) is 0 Å². The molecule has 132 valence electrons. The highest BCUT2D eigenvalue weighted by Gasteiger charge is 2.32. The van der Waals surface area contributed by atoms with Crippen LogP contribution in [0.25, 0.3) is 0 Å². The van der Waals surface area contributed by atoms with Crippen molar-refractivity contribution < 1.29 is 10.2 Å². The van der Waals surface area contributed by atoms with E-state index < -0.39 is 0 Å². The summed E-state index contributed by atoms with van der Waals surface area (Å²) in [6.45, 7) is 4.09. The predicted octanol–water partition coefficient (Wildman–Crippen LogP) is 3.47. The van der Waals surface area contributed by atoms with Crippen LogP contribution in [-0.4, -0.2) is 41.3 Å². The minimum Gasteiger partial charge on any atom is -0.508 e. The third-order valence-electron chi connectivity index (χ3n) is 4.97. The molecular weight excluding hydrogens is 335 g/mol. The van der Waals surface area contributed by atoms with Gasteiger partial charge in [0, 0.05) is 43.9 Å². The lowest BCUT2D eigenvalue weighted by Crippen LogP contribution is -2.47. The summed E-state index contributed by atoms with van der Waals surface area (Å²) in [5.74, 6) is 0.996. The number of hydrogen-bond donors (Lipinski definition) is 3. The van der Waals surface area contributed by atoms with Crippen LogP contribution < -0.4 is 5.32 Å². The molecule has 3 N–H and O–H groups in total. The molecule has 23 heavy (non-hydrogen) atoms. The molecule has 1 saturated carbocycles. The van der Waals surface area contributed by atoms with Gasteiger partial charge in [0.2, 0.25) is 0 Å². The zero-order chi connectivity index (χ0) is 14.7. The van der Waals surface area contributed by atoms with E-state index in [1.807, 2.05) is 6.07 Å². The van der Waals surface area contributed by atoms with Gasteiger partial charge in [-0.05, 0) is 24.8 Å². The first-order valence-corrected chi connectivity index (χ1v) is 8.22. The molecule has 3 rings (SSSR count). The number of phenolic OH excluding ortho intramolecular Hbond substituents is 2. The summed E-state index contributed by atoms with van der Waals surface area (Å²) in [6.07, 6.45) is 6.42. The highest BCUT2D eigenvalue weighted by molar-refractivity contribution is 5.85. The third-order valence-corrected chi connectivity index (χ3v) is 4.97. The van der Waals surface area contributed by atoms with Crippen LogP contribution in [0.4, 0.5) is 0 Å². The zero-order valence-electron chi connectivity index (χ0n) is 13.4. The molecule has 1 heterocycles. The van der Waals surface area contributed by atoms with Gasteiger partial charge in [-0.25, -0.2) is 0 Å². The first kappa shape index (κ1) is 20.4. The molecule has 1 atom stereocenters. The van der Waals surface area contributed by atoms with Crippen molar-refractivity contribution in [3.8, 4) is 11.5 Å². The minimum absolute atomic E-state index is 0. The maximum atomic E-state index is 10.3. The van der Waals surface area contributed by atoms with Gasteiger partial charge in [-0.1, -0.05) is 25.3 Å². The van der Waals surface area contributed by atoms with Crippen molar-refractivity contribution in [3.05, 3.63) is 23.8 Å². The highest BCUT2D eigenvalue weighted by atomic mass is 35.5. The van der Waals surface area contributed by atoms with Gasteiger partial charge in [0.15, 0.2) is 0 Å². The fourth-order valence-electron chi connectivity index (χ4n) is 3.94. The van der Waals surface area contributed by atoms with Crippen molar-refractivity contribution >= 4 is 24.8 Å². The Morgan fingerprint density at radius 3 is 2.26 bits per heavy atom. The van der Waals surface area contributed by atoms with E-state index in [4.69, 9.17) is 0 Å². The highest BCUT2D eigenvalue weighted by Crippen LogP contribution is 2.42. The van der Waals surface area contributed by atoms with Gasteiger partial charge >= 0.3 is 0 Å². The lowest BCUT2D eigenvalue weighted by molar-refractivity contribution is 0.101. The molecule has 1 saturated heterocycles. The van der Waals surface area contributed by atoms with Crippen LogP contribution in [0.2, 0.25) is 0 Å². The van der Waals surface area contributed by atoms with Crippen LogP contribution in [0.1, 0.15) is 43.7 Å². The maximum absolute atomic E-state index is 10.3. The standard InChI is InChI=1S/C17H26N2O2.2ClH/c20-14-6-7-15(16(21)12-14)17(13-4-2-1-3-5-13)19-10-8-18-9-11-19;;/h6-7,12-13,17-18,20-21H,1-5,8-11H2;2*1H/t17-;;/m0../s1. The average Bonchev–Trinajstić information content (AvgIpc) is 2.52. The van der Waals surface area contributed by atoms with E-state index in [1.54, 1.807) is 6.07 Å². The summed E-state index contributed by atoms with van der Waals surface area (Å²) in [5.41, 5.74) is 0.988. The third kappa shape index (κ3) is 4.90. The molecule has 4 nitrogen and oxygen atoms in total. The number of piperazine rings is 1. The Balaban J connectivity index is 0.00000132. The largest absolute Gasteiger partial charge is 0.508 e. The maximum Gasteiger partial charge on any atom is 0.124 e. The van der Waals surface area contributed by atoms with Gasteiger partial charge < -0.3 is 15.5 Å². The van der Waals surface area contributed by atoms with E-state index in [2.05, 4.69) is 10.2 Å². The molecule has 1 aliphatic heterocycles. The molecule has 0 spiro atoms. The Morgan fingerprint density at radius 2 is 1.65 bits per heavy atom. The molecule has 0 unspecified atom stereocenters. The molecule has 1 aromatic rings. The SMILES string of the molecule is Cl.Cl.Oc1ccc([C@H](C2CCCCC2)N2CCNCC2)c(O)c1. The fraction of sp³-hybridized carbons (Fsp3) is 0.647. The second kappa shape index (κ2) is 9.58. The van der Waals surface area contributed by atoms with E-state index in [0.29, 0.717) is 5.92 Å². The predicted molar refractivity (Wildman–Crippen MR) is 98.0 cm³/mol. The number of nitrogens with zero attached hydrogens (tertiary/aromatic N) is 1. The van der Waals surface area contributed by atoms with Crippen LogP contribution >= 0.6 is 24.8 Å². The van der Waals surface area contributed by atoms with Crippen LogP contribution in [-0.2, 0) is 0 Å². The minimum atomic E-state index is 0. The Morgan fingerprint density at radius 1 is 1.00 bits per heavy atom. The van der Waals surface area contributed by atoms with Crippen molar-refractivity contribution in [3.63, 3.8) is 0 Å². The smallest absolute Gasteiger partial charge is 0.124 e. The van der Waals surface area contributed by atoms with Crippen molar-refractivity contribution in [1.82, 2.24) is 10.2 Å². The molecule has 0 aromatic heterocycles. The summed E-state index contributed by atoms with van der Waals surface area (Å²) in [4.78, 5) is 2.51. The van der Waals surface area contributed by atoms with Gasteiger partial charge in [0.25, 0.3) is 0 Å². The number of nitrogens with one attached hydrogen (secondary N) is 1. The summed E-state index contributed by atoms with van der Waals surface area (Å²) in [7, 11) is 0. The second-order valence-corrected chi connectivity index (χ2v) is 6.37. The van der Waals surface area contributed by atoms with E-state index >= 15 is 0 Å². The molecule has 6 heteroatoms. The van der Waals surface area contributed by atoms with E-state index in [1.165, 1.54) is 38.2 Å². The summed E-state index contributed by atoms with van der Waals surface area (Å²) in [5, 5.41) is 23.3. The van der Waals surface area contributed by atoms with E-state index in [9.17, 15) is 10.2 Å². The first-order chi connectivity index (χ1) is 10.3. The number of benzene rings is 1. The van der Waals surface area contributed by atoms with Gasteiger partial charge in [-0.2, -0.15) is 0 Å². The lowest BCUT2D eigenvalue weighted by atomic mass is 9.80. The second-order valence-electron chi connectivity index (χ2n) is 6.37. The normalized spacial score (nSPS) is 21.0. The number of phenols is 2. The number of aromatic hydroxyl groups is 2. The van der Waals surface area contributed by atoms with Gasteiger partial charge in [-0.3, -0.25) is 4.90 Å². The lowest BCUT2D eigenvalue weighted by Gasteiger charge is -2.41. The van der Waals surface area contributed by atoms with E-state index in [-0.39, 0.29) is 42.4 Å². The number of halogens is 2. The molecule has 1 aliphatic carbocycles. The average molecular weight is 363 g/mol. The Kier molecular flexibility index (Phi) is 8.48. The molecule has 1 aromatic carbocycles. The Hall–Kier alpha value is -0.680. The van der Waals surface area contributed by atoms with Gasteiger partial charge in [0.1, 0.15) is 11.5 Å². The summed E-state index contributed by atoms with van der Waals surface area (Å²) < 4.78 is 0. The summed E-state index contributed by atoms with van der Waals surface area (Å²) >= 11 is 0. The summed E-state index contributed by atoms with van der Waals surface area (Å²) in [6, 6.07) is 5.37. The zero-order valence-corrected chi connectivity index (χ0v) is 15.0. The molecule has 2 fully saturated rings. The Labute approximate surface area is 151 Å².